The molecule has 3 heterocycles. The number of aliphatic hydroxyl groups excluding tert-OH is 1. The highest BCUT2D eigenvalue weighted by atomic mass is 32.2. The zero-order valence-electron chi connectivity index (χ0n) is 15.8. The lowest BCUT2D eigenvalue weighted by atomic mass is 9.93. The highest BCUT2D eigenvalue weighted by Crippen LogP contribution is 2.30. The van der Waals surface area contributed by atoms with Gasteiger partial charge in [0.25, 0.3) is 0 Å². The number of rotatable bonds is 8. The number of piperidine rings is 1. The fourth-order valence-corrected chi connectivity index (χ4v) is 4.12. The fraction of sp³-hybridized carbons (Fsp3) is 0.579. The summed E-state index contributed by atoms with van der Waals surface area (Å²) in [6.45, 7) is 3.02. The third-order valence-electron chi connectivity index (χ3n) is 5.02. The molecule has 1 amide bonds. The minimum absolute atomic E-state index is 0.0924. The first-order valence-corrected chi connectivity index (χ1v) is 10.3. The number of halogens is 1. The van der Waals surface area contributed by atoms with E-state index >= 15 is 0 Å². The van der Waals surface area contributed by atoms with Crippen molar-refractivity contribution in [3.8, 4) is 5.88 Å². The summed E-state index contributed by atoms with van der Waals surface area (Å²) in [7, 11) is 0. The first-order valence-electron chi connectivity index (χ1n) is 9.53. The minimum Gasteiger partial charge on any atom is -0.473 e. The van der Waals surface area contributed by atoms with Gasteiger partial charge in [-0.2, -0.15) is 0 Å². The number of carbonyl (C=O) groups is 1. The van der Waals surface area contributed by atoms with Crippen LogP contribution in [-0.2, 0) is 4.79 Å². The van der Waals surface area contributed by atoms with E-state index in [9.17, 15) is 14.3 Å². The number of likely N-dealkylation sites (tertiary alicyclic amines) is 1. The summed E-state index contributed by atoms with van der Waals surface area (Å²) in [6.07, 6.45) is 4.43. The van der Waals surface area contributed by atoms with E-state index in [0.717, 1.165) is 30.8 Å². The Labute approximate surface area is 168 Å². The van der Waals surface area contributed by atoms with Gasteiger partial charge in [0.15, 0.2) is 0 Å². The monoisotopic (exact) mass is 410 g/mol. The van der Waals surface area contributed by atoms with Crippen molar-refractivity contribution in [2.75, 3.05) is 39.3 Å². The molecule has 2 saturated heterocycles. The second-order valence-electron chi connectivity index (χ2n) is 7.21. The highest BCUT2D eigenvalue weighted by Gasteiger charge is 2.31. The molecule has 154 valence electrons. The van der Waals surface area contributed by atoms with E-state index in [1.165, 1.54) is 0 Å². The molecular formula is C19H27FN4O3S. The molecule has 2 aliphatic rings. The molecule has 3 rings (SSSR count). The summed E-state index contributed by atoms with van der Waals surface area (Å²) in [5.74, 6) is 1.01. The van der Waals surface area contributed by atoms with Crippen LogP contribution in [0.5, 0.6) is 5.88 Å². The topological polar surface area (TPSA) is 91.9 Å². The van der Waals surface area contributed by atoms with Crippen molar-refractivity contribution in [3.63, 3.8) is 0 Å². The average molecular weight is 411 g/mol. The van der Waals surface area contributed by atoms with Gasteiger partial charge in [0.05, 0.1) is 12.4 Å². The third-order valence-corrected chi connectivity index (χ3v) is 6.09. The van der Waals surface area contributed by atoms with E-state index < -0.39 is 0 Å². The normalized spacial score (nSPS) is 19.5. The Morgan fingerprint density at radius 1 is 1.39 bits per heavy atom. The van der Waals surface area contributed by atoms with Gasteiger partial charge in [-0.15, -0.1) is 0 Å². The van der Waals surface area contributed by atoms with Crippen LogP contribution in [0.25, 0.3) is 0 Å². The summed E-state index contributed by atoms with van der Waals surface area (Å²) < 4.78 is 20.2. The van der Waals surface area contributed by atoms with Gasteiger partial charge in [0.2, 0.25) is 11.8 Å². The molecule has 0 saturated carbocycles. The van der Waals surface area contributed by atoms with Crippen LogP contribution < -0.4 is 10.5 Å². The maximum Gasteiger partial charge on any atom is 0.223 e. The summed E-state index contributed by atoms with van der Waals surface area (Å²) in [6, 6.07) is 3.70. The SMILES string of the molecule is NC/C(=C/F)COc1ccc(SN2CCC(CC(=O)N3CC(O)C3)CC2)cn1. The van der Waals surface area contributed by atoms with Crippen LogP contribution in [0, 0.1) is 5.92 Å². The van der Waals surface area contributed by atoms with Gasteiger partial charge in [0, 0.05) is 61.9 Å². The fourth-order valence-electron chi connectivity index (χ4n) is 3.20. The lowest BCUT2D eigenvalue weighted by molar-refractivity contribution is -0.142. The Balaban J connectivity index is 1.38. The number of ether oxygens (including phenoxy) is 1. The molecule has 1 aromatic heterocycles. The number of hydrogen-bond acceptors (Lipinski definition) is 7. The van der Waals surface area contributed by atoms with E-state index in [1.54, 1.807) is 29.1 Å². The Bertz CT molecular complexity index is 674. The third kappa shape index (κ3) is 5.91. The zero-order chi connectivity index (χ0) is 19.9. The Morgan fingerprint density at radius 2 is 2.14 bits per heavy atom. The standard InChI is InChI=1S/C19H27FN4O3S/c20-8-15(9-21)13-27-18-2-1-17(10-22-18)28-24-5-3-14(4-6-24)7-19(26)23-11-16(25)12-23/h1-2,8,10,14,16,25H,3-7,9,11-13,21H2/b15-8-. The summed E-state index contributed by atoms with van der Waals surface area (Å²) in [5.41, 5.74) is 5.77. The van der Waals surface area contributed by atoms with E-state index in [2.05, 4.69) is 9.29 Å². The van der Waals surface area contributed by atoms with Gasteiger partial charge in [-0.3, -0.25) is 4.79 Å². The molecule has 0 atom stereocenters. The first-order chi connectivity index (χ1) is 13.6. The van der Waals surface area contributed by atoms with Gasteiger partial charge in [-0.05, 0) is 36.8 Å². The summed E-state index contributed by atoms with van der Waals surface area (Å²) in [5, 5.41) is 9.30. The first kappa shape index (κ1) is 21.0. The predicted octanol–water partition coefficient (Wildman–Crippen LogP) is 1.58. The highest BCUT2D eigenvalue weighted by molar-refractivity contribution is 7.97. The van der Waals surface area contributed by atoms with Crippen LogP contribution in [0.1, 0.15) is 19.3 Å². The molecule has 0 radical (unpaired) electrons. The van der Waals surface area contributed by atoms with Crippen molar-refractivity contribution in [2.24, 2.45) is 11.7 Å². The lowest BCUT2D eigenvalue weighted by Crippen LogP contribution is -2.53. The predicted molar refractivity (Wildman–Crippen MR) is 105 cm³/mol. The molecule has 0 aromatic carbocycles. The van der Waals surface area contributed by atoms with Crippen LogP contribution in [-0.4, -0.2) is 70.6 Å². The number of β-amino-alcohol motifs (C(OH)–C–C–N with tert-alkyl or cyclic N) is 1. The molecule has 1 aromatic rings. The van der Waals surface area contributed by atoms with Crippen LogP contribution >= 0.6 is 11.9 Å². The Morgan fingerprint density at radius 3 is 2.71 bits per heavy atom. The number of amides is 1. The van der Waals surface area contributed by atoms with E-state index in [1.807, 2.05) is 6.07 Å². The molecule has 0 unspecified atom stereocenters. The average Bonchev–Trinajstić information content (AvgIpc) is 2.69. The van der Waals surface area contributed by atoms with E-state index in [4.69, 9.17) is 10.5 Å². The van der Waals surface area contributed by atoms with Crippen molar-refractivity contribution in [2.45, 2.75) is 30.3 Å². The molecule has 0 bridgehead atoms. The van der Waals surface area contributed by atoms with E-state index in [0.29, 0.717) is 43.2 Å². The number of pyridine rings is 1. The molecular weight excluding hydrogens is 383 g/mol. The minimum atomic E-state index is -0.338. The smallest absolute Gasteiger partial charge is 0.223 e. The lowest BCUT2D eigenvalue weighted by Gasteiger charge is -2.37. The van der Waals surface area contributed by atoms with Crippen molar-refractivity contribution >= 4 is 17.9 Å². The number of aromatic nitrogens is 1. The molecule has 9 heteroatoms. The number of aliphatic hydroxyl groups is 1. The maximum atomic E-state index is 12.5. The molecule has 3 N–H and O–H groups in total. The van der Waals surface area contributed by atoms with Crippen LogP contribution in [0.4, 0.5) is 4.39 Å². The number of nitrogens with zero attached hydrogens (tertiary/aromatic N) is 3. The molecule has 2 fully saturated rings. The molecule has 0 spiro atoms. The van der Waals surface area contributed by atoms with Crippen molar-refractivity contribution in [3.05, 3.63) is 30.2 Å². The summed E-state index contributed by atoms with van der Waals surface area (Å²) in [4.78, 5) is 19.1. The van der Waals surface area contributed by atoms with Crippen molar-refractivity contribution in [1.29, 1.82) is 0 Å². The second-order valence-corrected chi connectivity index (χ2v) is 8.38. The molecule has 7 nitrogen and oxygen atoms in total. The zero-order valence-corrected chi connectivity index (χ0v) is 16.6. The van der Waals surface area contributed by atoms with Gasteiger partial charge in [-0.1, -0.05) is 0 Å². The summed E-state index contributed by atoms with van der Waals surface area (Å²) >= 11 is 1.65. The van der Waals surface area contributed by atoms with Gasteiger partial charge in [0.1, 0.15) is 6.61 Å². The largest absolute Gasteiger partial charge is 0.473 e. The quantitative estimate of drug-likeness (QED) is 0.629. The Hall–Kier alpha value is -1.68. The molecule has 28 heavy (non-hydrogen) atoms. The van der Waals surface area contributed by atoms with Crippen LogP contribution in [0.15, 0.2) is 35.1 Å². The van der Waals surface area contributed by atoms with Crippen molar-refractivity contribution in [1.82, 2.24) is 14.2 Å². The van der Waals surface area contributed by atoms with Crippen LogP contribution in [0.2, 0.25) is 0 Å². The Kier molecular flexibility index (Phi) is 7.66. The molecule has 0 aliphatic carbocycles. The van der Waals surface area contributed by atoms with Crippen molar-refractivity contribution < 1.29 is 19.0 Å². The number of hydrogen-bond donors (Lipinski definition) is 2. The van der Waals surface area contributed by atoms with Gasteiger partial charge in [-0.25, -0.2) is 13.7 Å². The molecule has 2 aliphatic heterocycles. The second kappa shape index (κ2) is 10.2. The van der Waals surface area contributed by atoms with Gasteiger partial charge < -0.3 is 20.5 Å². The van der Waals surface area contributed by atoms with Crippen LogP contribution in [0.3, 0.4) is 0 Å². The number of carbonyl (C=O) groups excluding carboxylic acids is 1. The van der Waals surface area contributed by atoms with Gasteiger partial charge >= 0.3 is 0 Å². The van der Waals surface area contributed by atoms with E-state index in [-0.39, 0.29) is 25.2 Å². The number of nitrogens with two attached hydrogens (primary N) is 1. The maximum absolute atomic E-state index is 12.5.